The van der Waals surface area contributed by atoms with Crippen LogP contribution in [0, 0.1) is 10.1 Å². The summed E-state index contributed by atoms with van der Waals surface area (Å²) in [5.74, 6) is -0.184. The van der Waals surface area contributed by atoms with Crippen LogP contribution >= 0.6 is 0 Å². The zero-order valence-electron chi connectivity index (χ0n) is 12.2. The zero-order valence-corrected chi connectivity index (χ0v) is 12.2. The van der Waals surface area contributed by atoms with Crippen LogP contribution in [-0.4, -0.2) is 48.6 Å². The predicted octanol–water partition coefficient (Wildman–Crippen LogP) is 1.89. The number of rotatable bonds is 4. The SMILES string of the molecule is CCC1COCCN1C(=O)c1ccc(NC)c([N+](=O)[O-])c1. The van der Waals surface area contributed by atoms with Crippen molar-refractivity contribution >= 4 is 17.3 Å². The van der Waals surface area contributed by atoms with Crippen LogP contribution in [0.2, 0.25) is 0 Å². The lowest BCUT2D eigenvalue weighted by atomic mass is 10.1. The first-order valence-electron chi connectivity index (χ1n) is 6.93. The van der Waals surface area contributed by atoms with Crippen molar-refractivity contribution in [3.05, 3.63) is 33.9 Å². The highest BCUT2D eigenvalue weighted by atomic mass is 16.6. The second-order valence-electron chi connectivity index (χ2n) is 4.87. The Hall–Kier alpha value is -2.15. The fourth-order valence-corrected chi connectivity index (χ4v) is 2.45. The number of carbonyl (C=O) groups is 1. The van der Waals surface area contributed by atoms with Crippen molar-refractivity contribution in [3.8, 4) is 0 Å². The number of ether oxygens (including phenoxy) is 1. The summed E-state index contributed by atoms with van der Waals surface area (Å²) in [4.78, 5) is 24.9. The van der Waals surface area contributed by atoms with Crippen molar-refractivity contribution in [2.24, 2.45) is 0 Å². The molecule has 1 aliphatic rings. The molecule has 0 radical (unpaired) electrons. The van der Waals surface area contributed by atoms with Crippen LogP contribution in [0.15, 0.2) is 18.2 Å². The Kier molecular flexibility index (Phi) is 4.74. The van der Waals surface area contributed by atoms with Gasteiger partial charge in [-0.1, -0.05) is 6.92 Å². The van der Waals surface area contributed by atoms with Gasteiger partial charge in [0.2, 0.25) is 0 Å². The van der Waals surface area contributed by atoms with Crippen molar-refractivity contribution in [1.29, 1.82) is 0 Å². The number of amides is 1. The third kappa shape index (κ3) is 3.13. The summed E-state index contributed by atoms with van der Waals surface area (Å²) in [6, 6.07) is 4.53. The van der Waals surface area contributed by atoms with Crippen molar-refractivity contribution in [3.63, 3.8) is 0 Å². The number of benzene rings is 1. The number of carbonyl (C=O) groups excluding carboxylic acids is 1. The topological polar surface area (TPSA) is 84.7 Å². The summed E-state index contributed by atoms with van der Waals surface area (Å²) in [6.45, 7) is 3.52. The molecule has 0 bridgehead atoms. The van der Waals surface area contributed by atoms with Gasteiger partial charge in [0.1, 0.15) is 5.69 Å². The van der Waals surface area contributed by atoms with E-state index in [0.29, 0.717) is 31.0 Å². The van der Waals surface area contributed by atoms with Crippen molar-refractivity contribution in [2.75, 3.05) is 32.1 Å². The van der Waals surface area contributed by atoms with Crippen LogP contribution in [0.4, 0.5) is 11.4 Å². The van der Waals surface area contributed by atoms with Crippen molar-refractivity contribution in [1.82, 2.24) is 4.90 Å². The molecule has 1 aromatic rings. The predicted molar refractivity (Wildman–Crippen MR) is 78.6 cm³/mol. The molecule has 1 aliphatic heterocycles. The lowest BCUT2D eigenvalue weighted by Gasteiger charge is -2.35. The maximum absolute atomic E-state index is 12.6. The molecule has 1 amide bonds. The summed E-state index contributed by atoms with van der Waals surface area (Å²) >= 11 is 0. The number of anilines is 1. The van der Waals surface area contributed by atoms with Gasteiger partial charge < -0.3 is 15.0 Å². The minimum atomic E-state index is -0.487. The van der Waals surface area contributed by atoms with E-state index < -0.39 is 4.92 Å². The minimum absolute atomic E-state index is 0.0225. The molecule has 2 rings (SSSR count). The lowest BCUT2D eigenvalue weighted by Crippen LogP contribution is -2.48. The Bertz CT molecular complexity index is 547. The summed E-state index contributed by atoms with van der Waals surface area (Å²) in [7, 11) is 1.61. The van der Waals surface area contributed by atoms with Gasteiger partial charge in [0, 0.05) is 25.2 Å². The Morgan fingerprint density at radius 2 is 2.33 bits per heavy atom. The number of hydrogen-bond acceptors (Lipinski definition) is 5. The molecule has 1 fully saturated rings. The van der Waals surface area contributed by atoms with Crippen LogP contribution in [0.25, 0.3) is 0 Å². The molecule has 1 aromatic carbocycles. The Balaban J connectivity index is 2.30. The van der Waals surface area contributed by atoms with E-state index in [9.17, 15) is 14.9 Å². The highest BCUT2D eigenvalue weighted by Gasteiger charge is 2.28. The summed E-state index contributed by atoms with van der Waals surface area (Å²) in [5.41, 5.74) is 0.635. The number of nitrogens with zero attached hydrogens (tertiary/aromatic N) is 2. The summed E-state index contributed by atoms with van der Waals surface area (Å²) in [6.07, 6.45) is 0.794. The maximum Gasteiger partial charge on any atom is 0.293 e. The third-order valence-electron chi connectivity index (χ3n) is 3.67. The van der Waals surface area contributed by atoms with Gasteiger partial charge in [-0.3, -0.25) is 14.9 Å². The zero-order chi connectivity index (χ0) is 15.4. The van der Waals surface area contributed by atoms with Crippen LogP contribution in [-0.2, 0) is 4.74 Å². The fourth-order valence-electron chi connectivity index (χ4n) is 2.45. The molecule has 0 aromatic heterocycles. The standard InChI is InChI=1S/C14H19N3O4/c1-3-11-9-21-7-6-16(11)14(18)10-4-5-12(15-2)13(8-10)17(19)20/h4-5,8,11,15H,3,6-7,9H2,1-2H3. The molecule has 1 atom stereocenters. The van der Waals surface area contributed by atoms with Gasteiger partial charge in [-0.15, -0.1) is 0 Å². The first kappa shape index (κ1) is 15.2. The third-order valence-corrected chi connectivity index (χ3v) is 3.67. The van der Waals surface area contributed by atoms with E-state index in [0.717, 1.165) is 6.42 Å². The van der Waals surface area contributed by atoms with Gasteiger partial charge in [-0.2, -0.15) is 0 Å². The van der Waals surface area contributed by atoms with E-state index in [2.05, 4.69) is 5.32 Å². The van der Waals surface area contributed by atoms with Crippen molar-refractivity contribution < 1.29 is 14.5 Å². The molecule has 1 unspecified atom stereocenters. The molecular formula is C14H19N3O4. The lowest BCUT2D eigenvalue weighted by molar-refractivity contribution is -0.384. The molecule has 7 nitrogen and oxygen atoms in total. The smallest absolute Gasteiger partial charge is 0.293 e. The summed E-state index contributed by atoms with van der Waals surface area (Å²) < 4.78 is 5.38. The highest BCUT2D eigenvalue weighted by Crippen LogP contribution is 2.26. The number of morpholine rings is 1. The van der Waals surface area contributed by atoms with Crippen LogP contribution < -0.4 is 5.32 Å². The monoisotopic (exact) mass is 293 g/mol. The van der Waals surface area contributed by atoms with Crippen LogP contribution in [0.1, 0.15) is 23.7 Å². The quantitative estimate of drug-likeness (QED) is 0.677. The van der Waals surface area contributed by atoms with E-state index >= 15 is 0 Å². The second kappa shape index (κ2) is 6.53. The van der Waals surface area contributed by atoms with E-state index in [1.54, 1.807) is 24.1 Å². The largest absolute Gasteiger partial charge is 0.383 e. The molecule has 0 saturated carbocycles. The Morgan fingerprint density at radius 1 is 1.57 bits per heavy atom. The molecule has 114 valence electrons. The summed E-state index contributed by atoms with van der Waals surface area (Å²) in [5, 5.41) is 13.8. The van der Waals surface area contributed by atoms with Crippen LogP contribution in [0.5, 0.6) is 0 Å². The fraction of sp³-hybridized carbons (Fsp3) is 0.500. The van der Waals surface area contributed by atoms with Gasteiger partial charge >= 0.3 is 0 Å². The number of nitro groups is 1. The van der Waals surface area contributed by atoms with E-state index in [4.69, 9.17) is 4.74 Å². The average Bonchev–Trinajstić information content (AvgIpc) is 2.53. The van der Waals surface area contributed by atoms with E-state index in [1.165, 1.54) is 6.07 Å². The number of nitrogens with one attached hydrogen (secondary N) is 1. The number of nitro benzene ring substituents is 1. The first-order chi connectivity index (χ1) is 10.1. The van der Waals surface area contributed by atoms with Crippen molar-refractivity contribution in [2.45, 2.75) is 19.4 Å². The molecule has 1 N–H and O–H groups in total. The van der Waals surface area contributed by atoms with E-state index in [-0.39, 0.29) is 17.6 Å². The second-order valence-corrected chi connectivity index (χ2v) is 4.87. The molecule has 0 aliphatic carbocycles. The maximum atomic E-state index is 12.6. The molecule has 0 spiro atoms. The van der Waals surface area contributed by atoms with Gasteiger partial charge in [0.05, 0.1) is 24.2 Å². The van der Waals surface area contributed by atoms with Gasteiger partial charge in [-0.25, -0.2) is 0 Å². The van der Waals surface area contributed by atoms with Gasteiger partial charge in [-0.05, 0) is 18.6 Å². The first-order valence-corrected chi connectivity index (χ1v) is 6.93. The van der Waals surface area contributed by atoms with Crippen LogP contribution in [0.3, 0.4) is 0 Å². The minimum Gasteiger partial charge on any atom is -0.383 e. The highest BCUT2D eigenvalue weighted by molar-refractivity contribution is 5.96. The molecular weight excluding hydrogens is 274 g/mol. The molecule has 1 heterocycles. The van der Waals surface area contributed by atoms with Gasteiger partial charge in [0.25, 0.3) is 11.6 Å². The normalized spacial score (nSPS) is 18.4. The Labute approximate surface area is 123 Å². The molecule has 7 heteroatoms. The van der Waals surface area contributed by atoms with Gasteiger partial charge in [0.15, 0.2) is 0 Å². The average molecular weight is 293 g/mol. The Morgan fingerprint density at radius 3 is 2.95 bits per heavy atom. The molecule has 21 heavy (non-hydrogen) atoms. The van der Waals surface area contributed by atoms with E-state index in [1.807, 2.05) is 6.92 Å². The molecule has 1 saturated heterocycles. The number of hydrogen-bond donors (Lipinski definition) is 1.